The summed E-state index contributed by atoms with van der Waals surface area (Å²) in [5, 5.41) is 11.3. The first-order valence-electron chi connectivity index (χ1n) is 11.3. The number of aryl methyl sites for hydroxylation is 3. The standard InChI is InChI=1S/C24H38N6.HI/c1-19-10-14-29(15-11-19)18-23-8-6-22(7-9-23)17-27-24(25-4)26-12-5-13-30-21(3)16-20(2)28-30;/h6-9,16,19H,5,10-15,17-18H2,1-4H3,(H2,25,26,27);1H. The molecule has 1 aliphatic heterocycles. The molecule has 0 atom stereocenters. The van der Waals surface area contributed by atoms with Crippen molar-refractivity contribution in [2.75, 3.05) is 26.7 Å². The van der Waals surface area contributed by atoms with Crippen molar-refractivity contribution in [1.82, 2.24) is 25.3 Å². The van der Waals surface area contributed by atoms with Gasteiger partial charge in [0.1, 0.15) is 0 Å². The third-order valence-electron chi connectivity index (χ3n) is 5.93. The Bertz CT molecular complexity index is 806. The average molecular weight is 539 g/mol. The highest BCUT2D eigenvalue weighted by Gasteiger charge is 2.15. The first kappa shape index (κ1) is 25.6. The highest BCUT2D eigenvalue weighted by atomic mass is 127. The number of likely N-dealkylation sites (tertiary alicyclic amines) is 1. The average Bonchev–Trinajstić information content (AvgIpc) is 3.07. The third-order valence-corrected chi connectivity index (χ3v) is 5.93. The van der Waals surface area contributed by atoms with Crippen LogP contribution in [-0.4, -0.2) is 47.3 Å². The lowest BCUT2D eigenvalue weighted by atomic mass is 9.99. The second kappa shape index (κ2) is 13.1. The maximum Gasteiger partial charge on any atom is 0.191 e. The van der Waals surface area contributed by atoms with Crippen LogP contribution in [0.1, 0.15) is 48.7 Å². The summed E-state index contributed by atoms with van der Waals surface area (Å²) in [6.07, 6.45) is 3.66. The molecule has 1 saturated heterocycles. The van der Waals surface area contributed by atoms with Crippen LogP contribution in [0, 0.1) is 19.8 Å². The van der Waals surface area contributed by atoms with Crippen molar-refractivity contribution >= 4 is 29.9 Å². The van der Waals surface area contributed by atoms with Crippen LogP contribution in [0.4, 0.5) is 0 Å². The van der Waals surface area contributed by atoms with Crippen molar-refractivity contribution in [3.63, 3.8) is 0 Å². The molecule has 172 valence electrons. The van der Waals surface area contributed by atoms with E-state index in [1.54, 1.807) is 0 Å². The van der Waals surface area contributed by atoms with Crippen molar-refractivity contribution in [2.45, 2.75) is 59.7 Å². The van der Waals surface area contributed by atoms with Gasteiger partial charge in [-0.2, -0.15) is 5.10 Å². The van der Waals surface area contributed by atoms with Gasteiger partial charge in [0.15, 0.2) is 5.96 Å². The summed E-state index contributed by atoms with van der Waals surface area (Å²) in [5.41, 5.74) is 4.97. The van der Waals surface area contributed by atoms with Crippen LogP contribution in [0.15, 0.2) is 35.3 Å². The van der Waals surface area contributed by atoms with Gasteiger partial charge in [0, 0.05) is 38.9 Å². The van der Waals surface area contributed by atoms with E-state index in [0.29, 0.717) is 0 Å². The molecule has 2 N–H and O–H groups in total. The lowest BCUT2D eigenvalue weighted by Crippen LogP contribution is -2.37. The van der Waals surface area contributed by atoms with Crippen molar-refractivity contribution in [3.05, 3.63) is 52.8 Å². The second-order valence-corrected chi connectivity index (χ2v) is 8.63. The Hall–Kier alpha value is -1.61. The van der Waals surface area contributed by atoms with Crippen LogP contribution in [0.3, 0.4) is 0 Å². The van der Waals surface area contributed by atoms with Crippen LogP contribution in [-0.2, 0) is 19.6 Å². The molecule has 0 amide bonds. The van der Waals surface area contributed by atoms with Gasteiger partial charge >= 0.3 is 0 Å². The molecule has 0 saturated carbocycles. The Morgan fingerprint density at radius 1 is 1.10 bits per heavy atom. The molecule has 3 rings (SSSR count). The van der Waals surface area contributed by atoms with Crippen LogP contribution >= 0.6 is 24.0 Å². The van der Waals surface area contributed by atoms with Gasteiger partial charge in [0.05, 0.1) is 5.69 Å². The van der Waals surface area contributed by atoms with E-state index < -0.39 is 0 Å². The Morgan fingerprint density at radius 3 is 2.39 bits per heavy atom. The molecular formula is C24H39IN6. The van der Waals surface area contributed by atoms with Crippen molar-refractivity contribution in [2.24, 2.45) is 10.9 Å². The van der Waals surface area contributed by atoms with E-state index in [2.05, 4.69) is 74.5 Å². The van der Waals surface area contributed by atoms with Crippen LogP contribution in [0.5, 0.6) is 0 Å². The molecule has 0 unspecified atom stereocenters. The molecule has 2 heterocycles. The monoisotopic (exact) mass is 538 g/mol. The third kappa shape index (κ3) is 8.44. The van der Waals surface area contributed by atoms with Gasteiger partial charge in [-0.1, -0.05) is 31.2 Å². The molecule has 0 spiro atoms. The maximum atomic E-state index is 4.51. The zero-order chi connectivity index (χ0) is 21.3. The summed E-state index contributed by atoms with van der Waals surface area (Å²) in [6.45, 7) is 12.6. The Labute approximate surface area is 204 Å². The molecule has 1 aromatic carbocycles. The zero-order valence-corrected chi connectivity index (χ0v) is 21.9. The number of hydrogen-bond donors (Lipinski definition) is 2. The van der Waals surface area contributed by atoms with E-state index in [1.807, 2.05) is 14.0 Å². The lowest BCUT2D eigenvalue weighted by Gasteiger charge is -2.30. The summed E-state index contributed by atoms with van der Waals surface area (Å²) in [4.78, 5) is 6.91. The van der Waals surface area contributed by atoms with Gasteiger partial charge in [-0.15, -0.1) is 24.0 Å². The normalized spacial score (nSPS) is 15.5. The minimum absolute atomic E-state index is 0. The van der Waals surface area contributed by atoms with Gasteiger partial charge < -0.3 is 10.6 Å². The highest BCUT2D eigenvalue weighted by Crippen LogP contribution is 2.18. The number of guanidine groups is 1. The smallest absolute Gasteiger partial charge is 0.191 e. The second-order valence-electron chi connectivity index (χ2n) is 8.63. The van der Waals surface area contributed by atoms with E-state index in [-0.39, 0.29) is 24.0 Å². The molecule has 1 aliphatic rings. The van der Waals surface area contributed by atoms with Crippen molar-refractivity contribution < 1.29 is 0 Å². The fourth-order valence-corrected chi connectivity index (χ4v) is 3.98. The Balaban J connectivity index is 0.00000341. The molecule has 31 heavy (non-hydrogen) atoms. The minimum Gasteiger partial charge on any atom is -0.356 e. The number of benzene rings is 1. The number of nitrogens with one attached hydrogen (secondary N) is 2. The first-order chi connectivity index (χ1) is 14.5. The van der Waals surface area contributed by atoms with E-state index in [0.717, 1.165) is 50.2 Å². The van der Waals surface area contributed by atoms with E-state index in [4.69, 9.17) is 0 Å². The molecular weight excluding hydrogens is 499 g/mol. The molecule has 1 aromatic heterocycles. The van der Waals surface area contributed by atoms with E-state index in [1.165, 1.54) is 42.8 Å². The highest BCUT2D eigenvalue weighted by molar-refractivity contribution is 14.0. The van der Waals surface area contributed by atoms with Gasteiger partial charge in [-0.3, -0.25) is 14.6 Å². The minimum atomic E-state index is 0. The fraction of sp³-hybridized carbons (Fsp3) is 0.583. The Kier molecular flexibility index (Phi) is 10.8. The van der Waals surface area contributed by atoms with Crippen molar-refractivity contribution in [3.8, 4) is 0 Å². The quantitative estimate of drug-likeness (QED) is 0.230. The topological polar surface area (TPSA) is 57.5 Å². The summed E-state index contributed by atoms with van der Waals surface area (Å²) in [7, 11) is 1.82. The Morgan fingerprint density at radius 2 is 1.77 bits per heavy atom. The number of piperidine rings is 1. The van der Waals surface area contributed by atoms with Crippen LogP contribution < -0.4 is 10.6 Å². The number of aromatic nitrogens is 2. The number of halogens is 1. The van der Waals surface area contributed by atoms with E-state index >= 15 is 0 Å². The number of rotatable bonds is 8. The SMILES string of the molecule is CN=C(NCCCn1nc(C)cc1C)NCc1ccc(CN2CCC(C)CC2)cc1.I. The van der Waals surface area contributed by atoms with Gasteiger partial charge in [-0.05, 0) is 69.3 Å². The van der Waals surface area contributed by atoms with Crippen LogP contribution in [0.2, 0.25) is 0 Å². The van der Waals surface area contributed by atoms with Crippen LogP contribution in [0.25, 0.3) is 0 Å². The van der Waals surface area contributed by atoms with Crippen molar-refractivity contribution in [1.29, 1.82) is 0 Å². The molecule has 2 aromatic rings. The summed E-state index contributed by atoms with van der Waals surface area (Å²) in [5.74, 6) is 1.73. The lowest BCUT2D eigenvalue weighted by molar-refractivity contribution is 0.185. The summed E-state index contributed by atoms with van der Waals surface area (Å²) in [6, 6.07) is 11.1. The number of aliphatic imine (C=N–C) groups is 1. The fourth-order valence-electron chi connectivity index (χ4n) is 3.98. The largest absolute Gasteiger partial charge is 0.356 e. The van der Waals surface area contributed by atoms with Gasteiger partial charge in [-0.25, -0.2) is 0 Å². The van der Waals surface area contributed by atoms with Gasteiger partial charge in [0.25, 0.3) is 0 Å². The molecule has 0 aliphatic carbocycles. The molecule has 0 bridgehead atoms. The summed E-state index contributed by atoms with van der Waals surface area (Å²) < 4.78 is 2.07. The first-order valence-corrected chi connectivity index (χ1v) is 11.3. The maximum absolute atomic E-state index is 4.51. The van der Waals surface area contributed by atoms with E-state index in [9.17, 15) is 0 Å². The zero-order valence-electron chi connectivity index (χ0n) is 19.5. The predicted molar refractivity (Wildman–Crippen MR) is 140 cm³/mol. The predicted octanol–water partition coefficient (Wildman–Crippen LogP) is 4.11. The molecule has 1 fully saturated rings. The number of nitrogens with zero attached hydrogens (tertiary/aromatic N) is 4. The molecule has 0 radical (unpaired) electrons. The summed E-state index contributed by atoms with van der Waals surface area (Å²) >= 11 is 0. The number of hydrogen-bond acceptors (Lipinski definition) is 3. The molecule has 6 nitrogen and oxygen atoms in total. The van der Waals surface area contributed by atoms with Gasteiger partial charge in [0.2, 0.25) is 0 Å². The molecule has 7 heteroatoms.